The minimum atomic E-state index is -0.257. The molecule has 0 heterocycles. The van der Waals surface area contributed by atoms with E-state index < -0.39 is 0 Å². The Bertz CT molecular complexity index is 134. The second-order valence-corrected chi connectivity index (χ2v) is 2.37. The van der Waals surface area contributed by atoms with E-state index in [9.17, 15) is 0 Å². The van der Waals surface area contributed by atoms with Gasteiger partial charge in [-0.3, -0.25) is 0 Å². The van der Waals surface area contributed by atoms with Gasteiger partial charge in [0.15, 0.2) is 6.29 Å². The van der Waals surface area contributed by atoms with Crippen LogP contribution in [0.4, 0.5) is 0 Å². The molecule has 0 rings (SSSR count). The average molecular weight is 186 g/mol. The molecule has 0 amide bonds. The van der Waals surface area contributed by atoms with E-state index in [1.165, 1.54) is 0 Å². The van der Waals surface area contributed by atoms with Gasteiger partial charge in [-0.05, 0) is 13.8 Å². The molecule has 0 radical (unpaired) electrons. The van der Waals surface area contributed by atoms with Crippen molar-refractivity contribution in [2.24, 2.45) is 0 Å². The highest BCUT2D eigenvalue weighted by molar-refractivity contribution is 4.82. The predicted octanol–water partition coefficient (Wildman–Crippen LogP) is 1.43. The van der Waals surface area contributed by atoms with Crippen LogP contribution in [0.5, 0.6) is 0 Å². The molecule has 0 spiro atoms. The van der Waals surface area contributed by atoms with E-state index in [1.54, 1.807) is 0 Å². The maximum atomic E-state index is 5.26. The fraction of sp³-hybridized carbons (Fsp3) is 0.800. The second kappa shape index (κ2) is 9.53. The summed E-state index contributed by atoms with van der Waals surface area (Å²) in [5.41, 5.74) is 0. The van der Waals surface area contributed by atoms with Gasteiger partial charge >= 0.3 is 0 Å². The summed E-state index contributed by atoms with van der Waals surface area (Å²) < 4.78 is 15.8. The highest BCUT2D eigenvalue weighted by Gasteiger charge is 2.06. The van der Waals surface area contributed by atoms with E-state index in [1.807, 2.05) is 13.8 Å². The van der Waals surface area contributed by atoms with Crippen LogP contribution in [0, 0.1) is 12.3 Å². The SMILES string of the molecule is C#CCCOCC(OCC)OCC. The van der Waals surface area contributed by atoms with Gasteiger partial charge in [-0.15, -0.1) is 12.3 Å². The topological polar surface area (TPSA) is 27.7 Å². The molecule has 0 aromatic carbocycles. The minimum Gasteiger partial charge on any atom is -0.375 e. The summed E-state index contributed by atoms with van der Waals surface area (Å²) in [5, 5.41) is 0. The van der Waals surface area contributed by atoms with Crippen molar-refractivity contribution in [2.75, 3.05) is 26.4 Å². The average Bonchev–Trinajstić information content (AvgIpc) is 2.13. The summed E-state index contributed by atoms with van der Waals surface area (Å²) in [6, 6.07) is 0. The monoisotopic (exact) mass is 186 g/mol. The number of ether oxygens (including phenoxy) is 3. The third-order valence-corrected chi connectivity index (χ3v) is 1.35. The Hall–Kier alpha value is -0.560. The summed E-state index contributed by atoms with van der Waals surface area (Å²) in [7, 11) is 0. The van der Waals surface area contributed by atoms with Crippen molar-refractivity contribution in [1.82, 2.24) is 0 Å². The molecule has 0 N–H and O–H groups in total. The van der Waals surface area contributed by atoms with Crippen LogP contribution in [0.2, 0.25) is 0 Å². The van der Waals surface area contributed by atoms with Crippen LogP contribution >= 0.6 is 0 Å². The molecule has 0 aromatic heterocycles. The first-order valence-electron chi connectivity index (χ1n) is 4.59. The molecule has 3 nitrogen and oxygen atoms in total. The van der Waals surface area contributed by atoms with Gasteiger partial charge in [0.25, 0.3) is 0 Å². The smallest absolute Gasteiger partial charge is 0.180 e. The first-order valence-corrected chi connectivity index (χ1v) is 4.59. The van der Waals surface area contributed by atoms with Crippen molar-refractivity contribution >= 4 is 0 Å². The van der Waals surface area contributed by atoms with E-state index in [0.717, 1.165) is 0 Å². The quantitative estimate of drug-likeness (QED) is 0.326. The third kappa shape index (κ3) is 7.79. The Morgan fingerprint density at radius 1 is 1.23 bits per heavy atom. The summed E-state index contributed by atoms with van der Waals surface area (Å²) in [6.07, 6.45) is 5.44. The minimum absolute atomic E-state index is 0.257. The molecule has 0 aliphatic rings. The zero-order valence-corrected chi connectivity index (χ0v) is 8.41. The summed E-state index contributed by atoms with van der Waals surface area (Å²) in [4.78, 5) is 0. The Kier molecular flexibility index (Phi) is 9.12. The van der Waals surface area contributed by atoms with Gasteiger partial charge in [-0.1, -0.05) is 0 Å². The maximum Gasteiger partial charge on any atom is 0.180 e. The number of rotatable bonds is 8. The Labute approximate surface area is 80.4 Å². The Balaban J connectivity index is 3.39. The van der Waals surface area contributed by atoms with Gasteiger partial charge in [0, 0.05) is 19.6 Å². The second-order valence-electron chi connectivity index (χ2n) is 2.37. The lowest BCUT2D eigenvalue weighted by molar-refractivity contribution is -0.166. The molecular weight excluding hydrogens is 168 g/mol. The third-order valence-electron chi connectivity index (χ3n) is 1.35. The molecule has 76 valence electrons. The largest absolute Gasteiger partial charge is 0.375 e. The standard InChI is InChI=1S/C10H18O3/c1-4-7-8-11-9-10(12-5-2)13-6-3/h1,10H,5-9H2,2-3H3. The van der Waals surface area contributed by atoms with Crippen molar-refractivity contribution in [3.8, 4) is 12.3 Å². The van der Waals surface area contributed by atoms with Gasteiger partial charge in [0.2, 0.25) is 0 Å². The van der Waals surface area contributed by atoms with Crippen LogP contribution in [0.25, 0.3) is 0 Å². The van der Waals surface area contributed by atoms with E-state index in [2.05, 4.69) is 5.92 Å². The molecule has 0 saturated heterocycles. The molecule has 3 heteroatoms. The van der Waals surface area contributed by atoms with E-state index in [4.69, 9.17) is 20.6 Å². The first kappa shape index (κ1) is 12.4. The lowest BCUT2D eigenvalue weighted by atomic mass is 10.5. The van der Waals surface area contributed by atoms with Crippen LogP contribution < -0.4 is 0 Å². The number of terminal acetylenes is 1. The fourth-order valence-electron chi connectivity index (χ4n) is 0.827. The maximum absolute atomic E-state index is 5.26. The first-order chi connectivity index (χ1) is 6.35. The Morgan fingerprint density at radius 2 is 1.85 bits per heavy atom. The van der Waals surface area contributed by atoms with Crippen molar-refractivity contribution in [2.45, 2.75) is 26.6 Å². The lowest BCUT2D eigenvalue weighted by Gasteiger charge is -2.16. The van der Waals surface area contributed by atoms with Gasteiger partial charge in [0.1, 0.15) is 0 Å². The van der Waals surface area contributed by atoms with Crippen LogP contribution in [0.3, 0.4) is 0 Å². The zero-order valence-electron chi connectivity index (χ0n) is 8.41. The molecule has 0 bridgehead atoms. The number of hydrogen-bond donors (Lipinski definition) is 0. The van der Waals surface area contributed by atoms with Crippen LogP contribution in [-0.2, 0) is 14.2 Å². The highest BCUT2D eigenvalue weighted by atomic mass is 16.7. The summed E-state index contributed by atoms with van der Waals surface area (Å²) in [5.74, 6) is 2.50. The van der Waals surface area contributed by atoms with Crippen molar-refractivity contribution in [1.29, 1.82) is 0 Å². The molecular formula is C10H18O3. The van der Waals surface area contributed by atoms with Gasteiger partial charge in [-0.2, -0.15) is 0 Å². The van der Waals surface area contributed by atoms with Gasteiger partial charge in [-0.25, -0.2) is 0 Å². The van der Waals surface area contributed by atoms with Crippen LogP contribution in [0.15, 0.2) is 0 Å². The van der Waals surface area contributed by atoms with Crippen molar-refractivity contribution < 1.29 is 14.2 Å². The van der Waals surface area contributed by atoms with Gasteiger partial charge in [0.05, 0.1) is 13.2 Å². The van der Waals surface area contributed by atoms with Crippen LogP contribution in [-0.4, -0.2) is 32.7 Å². The Morgan fingerprint density at radius 3 is 2.31 bits per heavy atom. The van der Waals surface area contributed by atoms with Gasteiger partial charge < -0.3 is 14.2 Å². The molecule has 0 saturated carbocycles. The number of hydrogen-bond acceptors (Lipinski definition) is 3. The molecule has 0 aliphatic carbocycles. The predicted molar refractivity (Wildman–Crippen MR) is 51.3 cm³/mol. The molecule has 0 aliphatic heterocycles. The molecule has 13 heavy (non-hydrogen) atoms. The molecule has 0 aromatic rings. The summed E-state index contributed by atoms with van der Waals surface area (Å²) in [6.45, 7) is 6.11. The normalized spacial score (nSPS) is 10.3. The fourth-order valence-corrected chi connectivity index (χ4v) is 0.827. The zero-order chi connectivity index (χ0) is 9.94. The van der Waals surface area contributed by atoms with Crippen molar-refractivity contribution in [3.63, 3.8) is 0 Å². The molecule has 0 fully saturated rings. The van der Waals surface area contributed by atoms with Crippen LogP contribution in [0.1, 0.15) is 20.3 Å². The molecule has 0 unspecified atom stereocenters. The lowest BCUT2D eigenvalue weighted by Crippen LogP contribution is -2.23. The van der Waals surface area contributed by atoms with E-state index in [-0.39, 0.29) is 6.29 Å². The van der Waals surface area contributed by atoms with E-state index in [0.29, 0.717) is 32.8 Å². The highest BCUT2D eigenvalue weighted by Crippen LogP contribution is 1.96. The van der Waals surface area contributed by atoms with E-state index >= 15 is 0 Å². The summed E-state index contributed by atoms with van der Waals surface area (Å²) >= 11 is 0. The van der Waals surface area contributed by atoms with Crippen molar-refractivity contribution in [3.05, 3.63) is 0 Å². The molecule has 0 atom stereocenters.